The van der Waals surface area contributed by atoms with Crippen LogP contribution in [-0.2, 0) is 4.74 Å². The van der Waals surface area contributed by atoms with Gasteiger partial charge in [0.25, 0.3) is 0 Å². The zero-order valence-electron chi connectivity index (χ0n) is 6.13. The maximum Gasteiger partial charge on any atom is 0.208 e. The van der Waals surface area contributed by atoms with E-state index in [1.165, 1.54) is 0 Å². The van der Waals surface area contributed by atoms with E-state index in [0.29, 0.717) is 0 Å². The minimum Gasteiger partial charge on any atom is -0.476 e. The minimum atomic E-state index is 0.718. The largest absolute Gasteiger partial charge is 0.476 e. The fourth-order valence-electron chi connectivity index (χ4n) is 0.666. The normalized spacial score (nSPS) is 17.1. The summed E-state index contributed by atoms with van der Waals surface area (Å²) in [4.78, 5) is 4.07. The molecule has 0 unspecified atom stereocenters. The quantitative estimate of drug-likeness (QED) is 0.529. The first-order chi connectivity index (χ1) is 4.79. The van der Waals surface area contributed by atoms with Crippen molar-refractivity contribution in [3.05, 3.63) is 24.3 Å². The Morgan fingerprint density at radius 3 is 3.10 bits per heavy atom. The second-order valence-electron chi connectivity index (χ2n) is 2.25. The Kier molecular flexibility index (Phi) is 2.26. The molecule has 10 heavy (non-hydrogen) atoms. The topological polar surface area (TPSA) is 21.6 Å². The Balaban J connectivity index is 2.44. The van der Waals surface area contributed by atoms with Crippen LogP contribution in [0.4, 0.5) is 0 Å². The van der Waals surface area contributed by atoms with E-state index in [1.807, 2.05) is 19.1 Å². The van der Waals surface area contributed by atoms with Gasteiger partial charge in [0.15, 0.2) is 0 Å². The Hall–Kier alpha value is -1.05. The van der Waals surface area contributed by atoms with Crippen molar-refractivity contribution in [1.82, 2.24) is 0 Å². The summed E-state index contributed by atoms with van der Waals surface area (Å²) in [5.74, 6) is 0.725. The van der Waals surface area contributed by atoms with E-state index in [9.17, 15) is 0 Å². The average molecular weight is 137 g/mol. The van der Waals surface area contributed by atoms with Gasteiger partial charge in [-0.15, -0.1) is 0 Å². The number of ether oxygens (including phenoxy) is 1. The number of rotatable bonds is 2. The molecule has 0 saturated carbocycles. The smallest absolute Gasteiger partial charge is 0.208 e. The van der Waals surface area contributed by atoms with Gasteiger partial charge in [-0.1, -0.05) is 18.2 Å². The van der Waals surface area contributed by atoms with Crippen molar-refractivity contribution < 1.29 is 4.74 Å². The van der Waals surface area contributed by atoms with E-state index in [2.05, 4.69) is 11.6 Å². The van der Waals surface area contributed by atoms with E-state index in [4.69, 9.17) is 4.74 Å². The second kappa shape index (κ2) is 3.20. The monoisotopic (exact) mass is 137 g/mol. The molecule has 0 radical (unpaired) electrons. The summed E-state index contributed by atoms with van der Waals surface area (Å²) in [6.45, 7) is 7.16. The van der Waals surface area contributed by atoms with Crippen LogP contribution >= 0.6 is 0 Å². The third-order valence-corrected chi connectivity index (χ3v) is 1.12. The summed E-state index contributed by atoms with van der Waals surface area (Å²) in [7, 11) is 0. The van der Waals surface area contributed by atoms with Gasteiger partial charge in [-0.2, -0.15) is 0 Å². The van der Waals surface area contributed by atoms with E-state index in [-0.39, 0.29) is 0 Å². The Morgan fingerprint density at radius 1 is 1.80 bits per heavy atom. The molecule has 1 aliphatic heterocycles. The van der Waals surface area contributed by atoms with Gasteiger partial charge in [-0.25, -0.2) is 4.99 Å². The molecular weight excluding hydrogens is 126 g/mol. The SMILES string of the molecule is C=C(C)C=CC1=NCCO1. The molecule has 1 rings (SSSR count). The molecule has 0 amide bonds. The Bertz CT molecular complexity index is 191. The van der Waals surface area contributed by atoms with Gasteiger partial charge in [0, 0.05) is 6.08 Å². The van der Waals surface area contributed by atoms with Crippen molar-refractivity contribution in [2.24, 2.45) is 4.99 Å². The summed E-state index contributed by atoms with van der Waals surface area (Å²) in [6, 6.07) is 0. The van der Waals surface area contributed by atoms with Crippen molar-refractivity contribution in [3.63, 3.8) is 0 Å². The molecule has 0 N–H and O–H groups in total. The van der Waals surface area contributed by atoms with Gasteiger partial charge in [0.2, 0.25) is 5.90 Å². The zero-order chi connectivity index (χ0) is 7.40. The standard InChI is InChI=1S/C8H11NO/c1-7(2)3-4-8-9-5-6-10-8/h3-4H,1,5-6H2,2H3. The van der Waals surface area contributed by atoms with Crippen LogP contribution in [0.15, 0.2) is 29.3 Å². The van der Waals surface area contributed by atoms with Crippen LogP contribution < -0.4 is 0 Å². The molecule has 0 aromatic rings. The minimum absolute atomic E-state index is 0.718. The van der Waals surface area contributed by atoms with Crippen molar-refractivity contribution >= 4 is 5.90 Å². The van der Waals surface area contributed by atoms with Crippen LogP contribution in [0.25, 0.3) is 0 Å². The van der Waals surface area contributed by atoms with Crippen LogP contribution in [0.5, 0.6) is 0 Å². The number of allylic oxidation sites excluding steroid dienone is 2. The summed E-state index contributed by atoms with van der Waals surface area (Å²) < 4.78 is 5.13. The lowest BCUT2D eigenvalue weighted by Crippen LogP contribution is -1.92. The van der Waals surface area contributed by atoms with E-state index >= 15 is 0 Å². The van der Waals surface area contributed by atoms with Crippen LogP contribution in [0.3, 0.4) is 0 Å². The second-order valence-corrected chi connectivity index (χ2v) is 2.25. The molecule has 0 fully saturated rings. The van der Waals surface area contributed by atoms with Crippen LogP contribution in [0.1, 0.15) is 6.92 Å². The maximum atomic E-state index is 5.13. The lowest BCUT2D eigenvalue weighted by Gasteiger charge is -1.91. The lowest BCUT2D eigenvalue weighted by molar-refractivity contribution is 0.350. The number of nitrogens with zero attached hydrogens (tertiary/aromatic N) is 1. The molecule has 2 nitrogen and oxygen atoms in total. The molecule has 0 saturated heterocycles. The summed E-state index contributed by atoms with van der Waals surface area (Å²) >= 11 is 0. The highest BCUT2D eigenvalue weighted by atomic mass is 16.5. The average Bonchev–Trinajstić information content (AvgIpc) is 2.34. The number of hydrogen-bond donors (Lipinski definition) is 0. The van der Waals surface area contributed by atoms with Crippen LogP contribution in [0.2, 0.25) is 0 Å². The molecule has 0 atom stereocenters. The maximum absolute atomic E-state index is 5.13. The first-order valence-electron chi connectivity index (χ1n) is 3.30. The first kappa shape index (κ1) is 7.06. The molecule has 0 aliphatic carbocycles. The lowest BCUT2D eigenvalue weighted by atomic mass is 10.3. The summed E-state index contributed by atoms with van der Waals surface area (Å²) in [5.41, 5.74) is 1.01. The molecular formula is C8H11NO. The van der Waals surface area contributed by atoms with Crippen molar-refractivity contribution in [2.45, 2.75) is 6.92 Å². The molecule has 2 heteroatoms. The van der Waals surface area contributed by atoms with Gasteiger partial charge < -0.3 is 4.74 Å². The molecule has 0 aromatic heterocycles. The van der Waals surface area contributed by atoms with Gasteiger partial charge in [-0.05, 0) is 6.92 Å². The van der Waals surface area contributed by atoms with Crippen LogP contribution in [-0.4, -0.2) is 19.0 Å². The van der Waals surface area contributed by atoms with Crippen LogP contribution in [0, 0.1) is 0 Å². The highest BCUT2D eigenvalue weighted by Crippen LogP contribution is 1.97. The number of aliphatic imine (C=N–C) groups is 1. The van der Waals surface area contributed by atoms with E-state index in [1.54, 1.807) is 0 Å². The van der Waals surface area contributed by atoms with Crippen molar-refractivity contribution in [1.29, 1.82) is 0 Å². The third kappa shape index (κ3) is 2.05. The Morgan fingerprint density at radius 2 is 2.60 bits per heavy atom. The summed E-state index contributed by atoms with van der Waals surface area (Å²) in [6.07, 6.45) is 3.74. The predicted molar refractivity (Wildman–Crippen MR) is 42.2 cm³/mol. The predicted octanol–water partition coefficient (Wildman–Crippen LogP) is 1.55. The molecule has 1 aliphatic rings. The molecule has 0 aromatic carbocycles. The van der Waals surface area contributed by atoms with Gasteiger partial charge in [0.05, 0.1) is 6.54 Å². The fraction of sp³-hybridized carbons (Fsp3) is 0.375. The fourth-order valence-corrected chi connectivity index (χ4v) is 0.666. The van der Waals surface area contributed by atoms with Gasteiger partial charge >= 0.3 is 0 Å². The van der Waals surface area contributed by atoms with Gasteiger partial charge in [0.1, 0.15) is 6.61 Å². The number of hydrogen-bond acceptors (Lipinski definition) is 2. The highest BCUT2D eigenvalue weighted by molar-refractivity contribution is 5.88. The molecule has 1 heterocycles. The van der Waals surface area contributed by atoms with Gasteiger partial charge in [-0.3, -0.25) is 0 Å². The van der Waals surface area contributed by atoms with E-state index < -0.39 is 0 Å². The first-order valence-corrected chi connectivity index (χ1v) is 3.30. The van der Waals surface area contributed by atoms with Crippen molar-refractivity contribution in [2.75, 3.05) is 13.2 Å². The molecule has 0 bridgehead atoms. The molecule has 0 spiro atoms. The Labute approximate surface area is 60.9 Å². The summed E-state index contributed by atoms with van der Waals surface area (Å²) in [5, 5.41) is 0. The third-order valence-electron chi connectivity index (χ3n) is 1.12. The zero-order valence-corrected chi connectivity index (χ0v) is 6.13. The highest BCUT2D eigenvalue weighted by Gasteiger charge is 2.00. The van der Waals surface area contributed by atoms with E-state index in [0.717, 1.165) is 24.6 Å². The molecule has 54 valence electrons. The van der Waals surface area contributed by atoms with Crippen molar-refractivity contribution in [3.8, 4) is 0 Å².